The van der Waals surface area contributed by atoms with Gasteiger partial charge in [0.05, 0.1) is 0 Å². The number of hydrogen-bond acceptors (Lipinski definition) is 6. The molecule has 0 aromatic heterocycles. The number of aliphatic hydroxyl groups is 1. The minimum absolute atomic E-state index is 0.0240. The van der Waals surface area contributed by atoms with Gasteiger partial charge in [-0.3, -0.25) is 4.79 Å². The number of hydrogen-bond donors (Lipinski definition) is 3. The van der Waals surface area contributed by atoms with Crippen molar-refractivity contribution in [2.75, 3.05) is 33.0 Å². The SMILES string of the molecule is O=C(CCC1CCNC1)NCC(O)COc1ccc2c(c1)OCO2. The highest BCUT2D eigenvalue weighted by atomic mass is 16.7. The van der Waals surface area contributed by atoms with E-state index in [1.807, 2.05) is 0 Å². The molecule has 7 heteroatoms. The van der Waals surface area contributed by atoms with Crippen LogP contribution in [0.5, 0.6) is 17.2 Å². The predicted molar refractivity (Wildman–Crippen MR) is 87.3 cm³/mol. The van der Waals surface area contributed by atoms with Crippen LogP contribution in [0.3, 0.4) is 0 Å². The Morgan fingerprint density at radius 2 is 2.29 bits per heavy atom. The summed E-state index contributed by atoms with van der Waals surface area (Å²) < 4.78 is 16.0. The third-order valence-corrected chi connectivity index (χ3v) is 4.26. The number of rotatable bonds is 8. The van der Waals surface area contributed by atoms with Gasteiger partial charge in [-0.1, -0.05) is 0 Å². The lowest BCUT2D eigenvalue weighted by atomic mass is 10.0. The summed E-state index contributed by atoms with van der Waals surface area (Å²) in [6.07, 6.45) is 1.77. The Morgan fingerprint density at radius 3 is 3.12 bits per heavy atom. The Bertz CT molecular complexity index is 560. The maximum Gasteiger partial charge on any atom is 0.231 e. The quantitative estimate of drug-likeness (QED) is 0.646. The summed E-state index contributed by atoms with van der Waals surface area (Å²) >= 11 is 0. The average Bonchev–Trinajstić information content (AvgIpc) is 3.26. The van der Waals surface area contributed by atoms with E-state index in [4.69, 9.17) is 14.2 Å². The van der Waals surface area contributed by atoms with E-state index in [0.717, 1.165) is 25.9 Å². The van der Waals surface area contributed by atoms with Crippen molar-refractivity contribution in [3.63, 3.8) is 0 Å². The van der Waals surface area contributed by atoms with Crippen LogP contribution in [-0.4, -0.2) is 50.2 Å². The second-order valence-electron chi connectivity index (χ2n) is 6.18. The van der Waals surface area contributed by atoms with E-state index in [0.29, 0.717) is 29.6 Å². The van der Waals surface area contributed by atoms with Gasteiger partial charge >= 0.3 is 0 Å². The summed E-state index contributed by atoms with van der Waals surface area (Å²) in [5.41, 5.74) is 0. The molecule has 1 aromatic carbocycles. The molecule has 2 unspecified atom stereocenters. The summed E-state index contributed by atoms with van der Waals surface area (Å²) in [5.74, 6) is 2.49. The van der Waals surface area contributed by atoms with Crippen LogP contribution in [0.25, 0.3) is 0 Å². The van der Waals surface area contributed by atoms with Crippen LogP contribution in [0, 0.1) is 5.92 Å². The monoisotopic (exact) mass is 336 g/mol. The molecule has 1 fully saturated rings. The van der Waals surface area contributed by atoms with Gasteiger partial charge < -0.3 is 30.0 Å². The van der Waals surface area contributed by atoms with Gasteiger partial charge in [0.15, 0.2) is 11.5 Å². The minimum Gasteiger partial charge on any atom is -0.491 e. The molecule has 0 aliphatic carbocycles. The van der Waals surface area contributed by atoms with E-state index < -0.39 is 6.10 Å². The summed E-state index contributed by atoms with van der Waals surface area (Å²) in [4.78, 5) is 11.8. The molecule has 7 nitrogen and oxygen atoms in total. The predicted octanol–water partition coefficient (Wildman–Crippen LogP) is 0.661. The van der Waals surface area contributed by atoms with Crippen LogP contribution in [0.1, 0.15) is 19.3 Å². The van der Waals surface area contributed by atoms with Crippen LogP contribution < -0.4 is 24.8 Å². The second kappa shape index (κ2) is 8.21. The first-order valence-electron chi connectivity index (χ1n) is 8.38. The molecule has 1 saturated heterocycles. The highest BCUT2D eigenvalue weighted by molar-refractivity contribution is 5.75. The number of ether oxygens (including phenoxy) is 3. The minimum atomic E-state index is -0.757. The molecule has 2 aliphatic heterocycles. The molecule has 0 radical (unpaired) electrons. The molecular weight excluding hydrogens is 312 g/mol. The number of aliphatic hydroxyl groups excluding tert-OH is 1. The van der Waals surface area contributed by atoms with E-state index in [2.05, 4.69) is 10.6 Å². The Kier molecular flexibility index (Phi) is 5.77. The zero-order chi connectivity index (χ0) is 16.8. The maximum atomic E-state index is 11.8. The van der Waals surface area contributed by atoms with Crippen LogP contribution >= 0.6 is 0 Å². The molecule has 1 aromatic rings. The van der Waals surface area contributed by atoms with Crippen molar-refractivity contribution in [2.45, 2.75) is 25.4 Å². The molecule has 3 rings (SSSR count). The summed E-state index contributed by atoms with van der Waals surface area (Å²) in [6, 6.07) is 5.25. The molecular formula is C17H24N2O5. The molecule has 3 N–H and O–H groups in total. The van der Waals surface area contributed by atoms with E-state index in [9.17, 15) is 9.90 Å². The van der Waals surface area contributed by atoms with Crippen molar-refractivity contribution in [3.05, 3.63) is 18.2 Å². The number of nitrogens with one attached hydrogen (secondary N) is 2. The lowest BCUT2D eigenvalue weighted by molar-refractivity contribution is -0.121. The summed E-state index contributed by atoms with van der Waals surface area (Å²) in [6.45, 7) is 2.55. The lowest BCUT2D eigenvalue weighted by Crippen LogP contribution is -2.35. The Balaban J connectivity index is 1.32. The fourth-order valence-corrected chi connectivity index (χ4v) is 2.83. The van der Waals surface area contributed by atoms with Crippen molar-refractivity contribution in [1.29, 1.82) is 0 Å². The van der Waals surface area contributed by atoms with E-state index in [-0.39, 0.29) is 25.9 Å². The zero-order valence-corrected chi connectivity index (χ0v) is 13.6. The van der Waals surface area contributed by atoms with Crippen LogP contribution in [0.15, 0.2) is 18.2 Å². The van der Waals surface area contributed by atoms with Gasteiger partial charge in [-0.25, -0.2) is 0 Å². The highest BCUT2D eigenvalue weighted by Crippen LogP contribution is 2.35. The van der Waals surface area contributed by atoms with Gasteiger partial charge in [-0.2, -0.15) is 0 Å². The van der Waals surface area contributed by atoms with Crippen LogP contribution in [0.4, 0.5) is 0 Å². The van der Waals surface area contributed by atoms with Gasteiger partial charge in [0.1, 0.15) is 18.5 Å². The third kappa shape index (κ3) is 4.75. The van der Waals surface area contributed by atoms with E-state index >= 15 is 0 Å². The molecule has 2 heterocycles. The number of benzene rings is 1. The molecule has 0 saturated carbocycles. The first-order valence-corrected chi connectivity index (χ1v) is 8.38. The molecule has 0 spiro atoms. The standard InChI is InChI=1S/C17H24N2O5/c20-13(9-19-17(21)4-1-12-5-6-18-8-12)10-22-14-2-3-15-16(7-14)24-11-23-15/h2-3,7,12-13,18,20H,1,4-6,8-11H2,(H,19,21). The Hall–Kier alpha value is -1.99. The first kappa shape index (κ1) is 16.9. The fraction of sp³-hybridized carbons (Fsp3) is 0.588. The summed E-state index contributed by atoms with van der Waals surface area (Å²) in [5, 5.41) is 16.0. The lowest BCUT2D eigenvalue weighted by Gasteiger charge is -2.14. The second-order valence-corrected chi connectivity index (χ2v) is 6.18. The van der Waals surface area contributed by atoms with Gasteiger partial charge in [0.25, 0.3) is 0 Å². The molecule has 0 bridgehead atoms. The zero-order valence-electron chi connectivity index (χ0n) is 13.6. The normalized spacial score (nSPS) is 20.0. The first-order chi connectivity index (χ1) is 11.7. The van der Waals surface area contributed by atoms with Crippen LogP contribution in [0.2, 0.25) is 0 Å². The number of carbonyl (C=O) groups excluding carboxylic acids is 1. The van der Waals surface area contributed by atoms with Crippen molar-refractivity contribution < 1.29 is 24.1 Å². The topological polar surface area (TPSA) is 89.1 Å². The van der Waals surface area contributed by atoms with Crippen molar-refractivity contribution >= 4 is 5.91 Å². The number of fused-ring (bicyclic) bond motifs is 1. The largest absolute Gasteiger partial charge is 0.491 e. The van der Waals surface area contributed by atoms with E-state index in [1.54, 1.807) is 18.2 Å². The highest BCUT2D eigenvalue weighted by Gasteiger charge is 2.17. The maximum absolute atomic E-state index is 11.8. The fourth-order valence-electron chi connectivity index (χ4n) is 2.83. The molecule has 1 amide bonds. The molecule has 132 valence electrons. The molecule has 24 heavy (non-hydrogen) atoms. The van der Waals surface area contributed by atoms with Gasteiger partial charge in [-0.15, -0.1) is 0 Å². The van der Waals surface area contributed by atoms with Gasteiger partial charge in [0, 0.05) is 19.0 Å². The Labute approximate surface area is 141 Å². The van der Waals surface area contributed by atoms with Gasteiger partial charge in [-0.05, 0) is 44.0 Å². The number of amides is 1. The van der Waals surface area contributed by atoms with Crippen molar-refractivity contribution in [1.82, 2.24) is 10.6 Å². The summed E-state index contributed by atoms with van der Waals surface area (Å²) in [7, 11) is 0. The average molecular weight is 336 g/mol. The molecule has 2 aliphatic rings. The Morgan fingerprint density at radius 1 is 1.42 bits per heavy atom. The van der Waals surface area contributed by atoms with Gasteiger partial charge in [0.2, 0.25) is 12.7 Å². The van der Waals surface area contributed by atoms with Crippen LogP contribution in [-0.2, 0) is 4.79 Å². The van der Waals surface area contributed by atoms with E-state index in [1.165, 1.54) is 0 Å². The smallest absolute Gasteiger partial charge is 0.231 e. The number of carbonyl (C=O) groups is 1. The molecule has 2 atom stereocenters. The van der Waals surface area contributed by atoms with Crippen molar-refractivity contribution in [3.8, 4) is 17.2 Å². The van der Waals surface area contributed by atoms with Crippen molar-refractivity contribution in [2.24, 2.45) is 5.92 Å². The third-order valence-electron chi connectivity index (χ3n) is 4.26.